The van der Waals surface area contributed by atoms with Crippen LogP contribution in [0.5, 0.6) is 5.75 Å². The maximum absolute atomic E-state index is 12.7. The molecule has 0 atom stereocenters. The summed E-state index contributed by atoms with van der Waals surface area (Å²) in [5.74, 6) is 1.50. The van der Waals surface area contributed by atoms with E-state index in [1.807, 2.05) is 30.3 Å². The van der Waals surface area contributed by atoms with Gasteiger partial charge in [-0.3, -0.25) is 4.79 Å². The molecule has 1 saturated carbocycles. The first-order chi connectivity index (χ1) is 13.6. The van der Waals surface area contributed by atoms with Crippen molar-refractivity contribution in [3.63, 3.8) is 0 Å². The van der Waals surface area contributed by atoms with Gasteiger partial charge in [-0.2, -0.15) is 0 Å². The minimum absolute atomic E-state index is 0.0467. The lowest BCUT2D eigenvalue weighted by Gasteiger charge is -2.38. The van der Waals surface area contributed by atoms with Gasteiger partial charge in [-0.05, 0) is 73.6 Å². The van der Waals surface area contributed by atoms with E-state index in [4.69, 9.17) is 9.47 Å². The van der Waals surface area contributed by atoms with Crippen molar-refractivity contribution in [1.82, 2.24) is 5.32 Å². The van der Waals surface area contributed by atoms with Gasteiger partial charge in [-0.15, -0.1) is 0 Å². The highest BCUT2D eigenvalue weighted by Crippen LogP contribution is 2.35. The van der Waals surface area contributed by atoms with Gasteiger partial charge < -0.3 is 14.8 Å². The highest BCUT2D eigenvalue weighted by atomic mass is 79.9. The molecule has 1 aliphatic carbocycles. The minimum atomic E-state index is -0.0923. The van der Waals surface area contributed by atoms with E-state index in [-0.39, 0.29) is 11.3 Å². The number of nitrogens with one attached hydrogen (secondary N) is 1. The van der Waals surface area contributed by atoms with Gasteiger partial charge in [-0.1, -0.05) is 28.1 Å². The zero-order valence-corrected chi connectivity index (χ0v) is 17.5. The van der Waals surface area contributed by atoms with Crippen molar-refractivity contribution in [2.45, 2.75) is 31.1 Å². The molecule has 1 N–H and O–H groups in total. The van der Waals surface area contributed by atoms with Crippen molar-refractivity contribution in [3.05, 3.63) is 64.1 Å². The van der Waals surface area contributed by atoms with Crippen LogP contribution in [0.1, 0.15) is 41.6 Å². The first-order valence-corrected chi connectivity index (χ1v) is 10.8. The predicted octanol–water partition coefficient (Wildman–Crippen LogP) is 4.72. The second kappa shape index (κ2) is 8.66. The normalized spacial score (nSPS) is 18.5. The lowest BCUT2D eigenvalue weighted by molar-refractivity contribution is 0.0487. The standard InChI is InChI=1S/C23H26BrNO3/c24-20-3-1-2-19(14-20)23(10-12-27-13-11-23)16-25-22(26)18-6-8-21(9-7-18)28-15-17-4-5-17/h1-3,6-9,14,17H,4-5,10-13,15-16H2,(H,25,26). The molecule has 2 aromatic rings. The summed E-state index contributed by atoms with van der Waals surface area (Å²) < 4.78 is 12.4. The molecule has 1 amide bonds. The van der Waals surface area contributed by atoms with Crippen LogP contribution in [0.25, 0.3) is 0 Å². The number of hydrogen-bond acceptors (Lipinski definition) is 3. The Morgan fingerprint density at radius 1 is 1.14 bits per heavy atom. The Hall–Kier alpha value is -1.85. The first kappa shape index (κ1) is 19.5. The van der Waals surface area contributed by atoms with Crippen molar-refractivity contribution in [2.75, 3.05) is 26.4 Å². The number of hydrogen-bond donors (Lipinski definition) is 1. The summed E-state index contributed by atoms with van der Waals surface area (Å²) in [7, 11) is 0. The second-order valence-corrected chi connectivity index (χ2v) is 8.78. The predicted molar refractivity (Wildman–Crippen MR) is 113 cm³/mol. The number of halogens is 1. The fourth-order valence-corrected chi connectivity index (χ4v) is 4.10. The van der Waals surface area contributed by atoms with Crippen LogP contribution in [0, 0.1) is 5.92 Å². The Kier molecular flexibility index (Phi) is 6.02. The molecule has 0 radical (unpaired) electrons. The number of carbonyl (C=O) groups is 1. The highest BCUT2D eigenvalue weighted by molar-refractivity contribution is 9.10. The average molecular weight is 444 g/mol. The largest absolute Gasteiger partial charge is 0.493 e. The summed E-state index contributed by atoms with van der Waals surface area (Å²) in [5.41, 5.74) is 1.81. The van der Waals surface area contributed by atoms with E-state index >= 15 is 0 Å². The maximum atomic E-state index is 12.7. The Morgan fingerprint density at radius 2 is 1.89 bits per heavy atom. The molecule has 4 rings (SSSR count). The van der Waals surface area contributed by atoms with Crippen LogP contribution in [0.3, 0.4) is 0 Å². The Morgan fingerprint density at radius 3 is 2.57 bits per heavy atom. The minimum Gasteiger partial charge on any atom is -0.493 e. The zero-order valence-electron chi connectivity index (χ0n) is 16.0. The summed E-state index contributed by atoms with van der Waals surface area (Å²) >= 11 is 3.57. The van der Waals surface area contributed by atoms with Gasteiger partial charge in [0.15, 0.2) is 0 Å². The molecular formula is C23H26BrNO3. The molecule has 2 fully saturated rings. The Bertz CT molecular complexity index is 811. The topological polar surface area (TPSA) is 47.6 Å². The molecule has 1 aliphatic heterocycles. The molecule has 2 aromatic carbocycles. The van der Waals surface area contributed by atoms with Crippen LogP contribution < -0.4 is 10.1 Å². The molecule has 0 spiro atoms. The van der Waals surface area contributed by atoms with E-state index < -0.39 is 0 Å². The Balaban J connectivity index is 1.41. The van der Waals surface area contributed by atoms with Crippen molar-refractivity contribution < 1.29 is 14.3 Å². The first-order valence-electron chi connectivity index (χ1n) is 9.99. The molecule has 0 bridgehead atoms. The van der Waals surface area contributed by atoms with E-state index in [0.717, 1.165) is 48.8 Å². The summed E-state index contributed by atoms with van der Waals surface area (Å²) in [6.07, 6.45) is 4.34. The van der Waals surface area contributed by atoms with Crippen LogP contribution in [-0.4, -0.2) is 32.3 Å². The summed E-state index contributed by atoms with van der Waals surface area (Å²) in [6, 6.07) is 15.8. The van der Waals surface area contributed by atoms with Gasteiger partial charge in [-0.25, -0.2) is 0 Å². The van der Waals surface area contributed by atoms with E-state index in [1.54, 1.807) is 0 Å². The Labute approximate surface area is 174 Å². The van der Waals surface area contributed by atoms with Crippen LogP contribution in [0.4, 0.5) is 0 Å². The number of carbonyl (C=O) groups excluding carboxylic acids is 1. The van der Waals surface area contributed by atoms with Crippen molar-refractivity contribution >= 4 is 21.8 Å². The van der Waals surface area contributed by atoms with E-state index in [0.29, 0.717) is 12.1 Å². The van der Waals surface area contributed by atoms with Gasteiger partial charge in [0.05, 0.1) is 6.61 Å². The molecule has 1 saturated heterocycles. The van der Waals surface area contributed by atoms with Crippen molar-refractivity contribution in [3.8, 4) is 5.75 Å². The highest BCUT2D eigenvalue weighted by Gasteiger charge is 2.35. The summed E-state index contributed by atoms with van der Waals surface area (Å²) in [5, 5.41) is 3.16. The molecule has 0 aromatic heterocycles. The van der Waals surface area contributed by atoms with Gasteiger partial charge in [0.1, 0.15) is 5.75 Å². The summed E-state index contributed by atoms with van der Waals surface area (Å²) in [4.78, 5) is 12.7. The monoisotopic (exact) mass is 443 g/mol. The number of rotatable bonds is 7. The van der Waals surface area contributed by atoms with E-state index in [9.17, 15) is 4.79 Å². The number of ether oxygens (including phenoxy) is 2. The smallest absolute Gasteiger partial charge is 0.251 e. The van der Waals surface area contributed by atoms with Crippen molar-refractivity contribution in [1.29, 1.82) is 0 Å². The van der Waals surface area contributed by atoms with E-state index in [2.05, 4.69) is 39.4 Å². The van der Waals surface area contributed by atoms with Gasteiger partial charge in [0, 0.05) is 35.2 Å². The third-order valence-corrected chi connectivity index (χ3v) is 6.27. The molecule has 1 heterocycles. The molecule has 4 nitrogen and oxygen atoms in total. The molecule has 148 valence electrons. The summed E-state index contributed by atoms with van der Waals surface area (Å²) in [6.45, 7) is 2.82. The van der Waals surface area contributed by atoms with Gasteiger partial charge in [0.25, 0.3) is 5.91 Å². The molecule has 2 aliphatic rings. The van der Waals surface area contributed by atoms with Crippen LogP contribution in [0.15, 0.2) is 53.0 Å². The lowest BCUT2D eigenvalue weighted by Crippen LogP contribution is -2.44. The van der Waals surface area contributed by atoms with E-state index in [1.165, 1.54) is 18.4 Å². The third kappa shape index (κ3) is 4.76. The number of amides is 1. The maximum Gasteiger partial charge on any atom is 0.251 e. The van der Waals surface area contributed by atoms with Gasteiger partial charge in [0.2, 0.25) is 0 Å². The fraction of sp³-hybridized carbons (Fsp3) is 0.435. The molecule has 28 heavy (non-hydrogen) atoms. The molecule has 5 heteroatoms. The fourth-order valence-electron chi connectivity index (χ4n) is 3.70. The average Bonchev–Trinajstić information content (AvgIpc) is 3.56. The molecule has 0 unspecified atom stereocenters. The van der Waals surface area contributed by atoms with Crippen LogP contribution in [-0.2, 0) is 10.2 Å². The second-order valence-electron chi connectivity index (χ2n) is 7.86. The zero-order chi connectivity index (χ0) is 19.4. The van der Waals surface area contributed by atoms with Crippen LogP contribution >= 0.6 is 15.9 Å². The van der Waals surface area contributed by atoms with Crippen molar-refractivity contribution in [2.24, 2.45) is 5.92 Å². The van der Waals surface area contributed by atoms with Crippen LogP contribution in [0.2, 0.25) is 0 Å². The molecular weight excluding hydrogens is 418 g/mol. The quantitative estimate of drug-likeness (QED) is 0.673. The van der Waals surface area contributed by atoms with Gasteiger partial charge >= 0.3 is 0 Å². The third-order valence-electron chi connectivity index (χ3n) is 5.77. The number of benzene rings is 2. The lowest BCUT2D eigenvalue weighted by atomic mass is 9.74. The SMILES string of the molecule is O=C(NCC1(c2cccc(Br)c2)CCOCC1)c1ccc(OCC2CC2)cc1.